The molecule has 1 amide bonds. The molecule has 1 aromatic carbocycles. The van der Waals surface area contributed by atoms with Crippen LogP contribution in [0.1, 0.15) is 51.9 Å². The fraction of sp³-hybridized carbons (Fsp3) is 0.389. The van der Waals surface area contributed by atoms with Crippen LogP contribution in [0.4, 0.5) is 0 Å². The summed E-state index contributed by atoms with van der Waals surface area (Å²) >= 11 is 1.61. The van der Waals surface area contributed by atoms with Crippen LogP contribution in [0, 0.1) is 6.92 Å². The molecule has 1 atom stereocenters. The number of likely N-dealkylation sites (tertiary alicyclic amines) is 1. The molecule has 0 bridgehead atoms. The van der Waals surface area contributed by atoms with Crippen molar-refractivity contribution in [2.45, 2.75) is 38.6 Å². The van der Waals surface area contributed by atoms with Crippen LogP contribution in [0.25, 0.3) is 0 Å². The number of hydrogen-bond donors (Lipinski definition) is 1. The van der Waals surface area contributed by atoms with Gasteiger partial charge in [0.25, 0.3) is 0 Å². The quantitative estimate of drug-likeness (QED) is 0.922. The summed E-state index contributed by atoms with van der Waals surface area (Å²) in [5.41, 5.74) is 1.94. The number of aromatic nitrogens is 1. The van der Waals surface area contributed by atoms with Crippen LogP contribution in [0.5, 0.6) is 0 Å². The highest BCUT2D eigenvalue weighted by atomic mass is 32.1. The molecule has 0 aliphatic carbocycles. The first kappa shape index (κ1) is 16.6. The van der Waals surface area contributed by atoms with E-state index in [1.807, 2.05) is 17.2 Å². The predicted molar refractivity (Wildman–Crippen MR) is 92.3 cm³/mol. The Kier molecular flexibility index (Phi) is 4.94. The maximum atomic E-state index is 12.8. The first-order valence-corrected chi connectivity index (χ1v) is 8.96. The van der Waals surface area contributed by atoms with Gasteiger partial charge in [-0.2, -0.15) is 0 Å². The van der Waals surface area contributed by atoms with Gasteiger partial charge in [-0.15, -0.1) is 11.3 Å². The minimum atomic E-state index is -0.974. The van der Waals surface area contributed by atoms with Crippen molar-refractivity contribution in [1.29, 1.82) is 0 Å². The standard InChI is InChI=1S/C18H20N2O3S/c1-12-11-24-17(19-12)15-7-2-3-8-20(15)16(21)10-13-5-4-6-14(9-13)18(22)23/h4-6,9,11,15H,2-3,7-8,10H2,1H3,(H,22,23). The number of aryl methyl sites for hydroxylation is 1. The number of benzene rings is 1. The maximum Gasteiger partial charge on any atom is 0.335 e. The monoisotopic (exact) mass is 344 g/mol. The van der Waals surface area contributed by atoms with Crippen molar-refractivity contribution in [3.05, 3.63) is 51.5 Å². The van der Waals surface area contributed by atoms with E-state index in [1.165, 1.54) is 0 Å². The van der Waals surface area contributed by atoms with Crippen LogP contribution in [-0.2, 0) is 11.2 Å². The summed E-state index contributed by atoms with van der Waals surface area (Å²) in [5.74, 6) is -0.937. The molecule has 24 heavy (non-hydrogen) atoms. The molecule has 3 rings (SSSR count). The van der Waals surface area contributed by atoms with Gasteiger partial charge in [-0.05, 0) is 43.9 Å². The van der Waals surface area contributed by atoms with E-state index in [1.54, 1.807) is 35.6 Å². The third-order valence-electron chi connectivity index (χ3n) is 4.27. The van der Waals surface area contributed by atoms with Crippen molar-refractivity contribution in [3.63, 3.8) is 0 Å². The highest BCUT2D eigenvalue weighted by Crippen LogP contribution is 2.33. The molecule has 1 aliphatic heterocycles. The van der Waals surface area contributed by atoms with E-state index in [0.29, 0.717) is 0 Å². The summed E-state index contributed by atoms with van der Waals surface area (Å²) in [4.78, 5) is 30.3. The molecule has 0 saturated carbocycles. The molecule has 5 nitrogen and oxygen atoms in total. The number of nitrogens with zero attached hydrogens (tertiary/aromatic N) is 2. The Balaban J connectivity index is 1.77. The van der Waals surface area contributed by atoms with Crippen molar-refractivity contribution in [2.24, 2.45) is 0 Å². The van der Waals surface area contributed by atoms with Crippen LogP contribution in [0.15, 0.2) is 29.6 Å². The number of carboxylic acids is 1. The number of rotatable bonds is 4. The zero-order valence-corrected chi connectivity index (χ0v) is 14.4. The third kappa shape index (κ3) is 3.64. The fourth-order valence-corrected chi connectivity index (χ4v) is 4.05. The number of hydrogen-bond acceptors (Lipinski definition) is 4. The molecule has 2 heterocycles. The Labute approximate surface area is 145 Å². The van der Waals surface area contributed by atoms with Crippen molar-refractivity contribution >= 4 is 23.2 Å². The molecule has 1 N–H and O–H groups in total. The number of carboxylic acid groups (broad SMARTS) is 1. The topological polar surface area (TPSA) is 70.5 Å². The summed E-state index contributed by atoms with van der Waals surface area (Å²) in [6.07, 6.45) is 3.26. The molecular weight excluding hydrogens is 324 g/mol. The first-order chi connectivity index (χ1) is 11.5. The van der Waals surface area contributed by atoms with Crippen molar-refractivity contribution in [2.75, 3.05) is 6.54 Å². The van der Waals surface area contributed by atoms with Gasteiger partial charge in [-0.3, -0.25) is 4.79 Å². The molecular formula is C18H20N2O3S. The summed E-state index contributed by atoms with van der Waals surface area (Å²) < 4.78 is 0. The minimum Gasteiger partial charge on any atom is -0.478 e. The lowest BCUT2D eigenvalue weighted by Gasteiger charge is -2.34. The number of carbonyl (C=O) groups is 2. The van der Waals surface area contributed by atoms with E-state index in [0.717, 1.165) is 42.1 Å². The van der Waals surface area contributed by atoms with Gasteiger partial charge in [0.15, 0.2) is 0 Å². The predicted octanol–water partition coefficient (Wildman–Crippen LogP) is 3.45. The van der Waals surface area contributed by atoms with E-state index < -0.39 is 5.97 Å². The zero-order chi connectivity index (χ0) is 17.1. The average Bonchev–Trinajstić information content (AvgIpc) is 3.01. The number of amides is 1. The molecule has 1 saturated heterocycles. The maximum absolute atomic E-state index is 12.8. The van der Waals surface area contributed by atoms with Crippen molar-refractivity contribution in [3.8, 4) is 0 Å². The van der Waals surface area contributed by atoms with Crippen LogP contribution in [0.3, 0.4) is 0 Å². The molecule has 0 radical (unpaired) electrons. The molecule has 126 valence electrons. The fourth-order valence-electron chi connectivity index (χ4n) is 3.10. The summed E-state index contributed by atoms with van der Waals surface area (Å²) in [6, 6.07) is 6.65. The first-order valence-electron chi connectivity index (χ1n) is 8.08. The van der Waals surface area contributed by atoms with E-state index in [-0.39, 0.29) is 23.9 Å². The second-order valence-electron chi connectivity index (χ2n) is 6.11. The highest BCUT2D eigenvalue weighted by molar-refractivity contribution is 7.09. The second kappa shape index (κ2) is 7.13. The summed E-state index contributed by atoms with van der Waals surface area (Å²) in [6.45, 7) is 2.70. The number of thiazole rings is 1. The van der Waals surface area contributed by atoms with Crippen LogP contribution in [-0.4, -0.2) is 33.4 Å². The Morgan fingerprint density at radius 2 is 2.21 bits per heavy atom. The van der Waals surface area contributed by atoms with Gasteiger partial charge in [0.1, 0.15) is 5.01 Å². The Bertz CT molecular complexity index is 756. The largest absolute Gasteiger partial charge is 0.478 e. The van der Waals surface area contributed by atoms with Gasteiger partial charge < -0.3 is 10.0 Å². The lowest BCUT2D eigenvalue weighted by molar-refractivity contribution is -0.134. The Morgan fingerprint density at radius 3 is 2.92 bits per heavy atom. The van der Waals surface area contributed by atoms with E-state index in [9.17, 15) is 9.59 Å². The van der Waals surface area contributed by atoms with Crippen LogP contribution in [0.2, 0.25) is 0 Å². The molecule has 2 aromatic rings. The summed E-state index contributed by atoms with van der Waals surface area (Å²) in [7, 11) is 0. The smallest absolute Gasteiger partial charge is 0.335 e. The van der Waals surface area contributed by atoms with Gasteiger partial charge in [-0.25, -0.2) is 9.78 Å². The van der Waals surface area contributed by atoms with E-state index in [2.05, 4.69) is 4.98 Å². The van der Waals surface area contributed by atoms with Crippen LogP contribution >= 0.6 is 11.3 Å². The van der Waals surface area contributed by atoms with Gasteiger partial charge in [0.2, 0.25) is 5.91 Å². The second-order valence-corrected chi connectivity index (χ2v) is 7.00. The van der Waals surface area contributed by atoms with E-state index >= 15 is 0 Å². The van der Waals surface area contributed by atoms with Gasteiger partial charge in [0, 0.05) is 17.6 Å². The summed E-state index contributed by atoms with van der Waals surface area (Å²) in [5, 5.41) is 12.1. The number of carbonyl (C=O) groups excluding carboxylic acids is 1. The van der Waals surface area contributed by atoms with Crippen molar-refractivity contribution < 1.29 is 14.7 Å². The van der Waals surface area contributed by atoms with Gasteiger partial charge in [-0.1, -0.05) is 12.1 Å². The Morgan fingerprint density at radius 1 is 1.38 bits per heavy atom. The van der Waals surface area contributed by atoms with Gasteiger partial charge >= 0.3 is 5.97 Å². The normalized spacial score (nSPS) is 17.7. The molecule has 1 unspecified atom stereocenters. The van der Waals surface area contributed by atoms with Crippen LogP contribution < -0.4 is 0 Å². The van der Waals surface area contributed by atoms with Gasteiger partial charge in [0.05, 0.1) is 18.0 Å². The molecule has 0 spiro atoms. The minimum absolute atomic E-state index is 0.0371. The lowest BCUT2D eigenvalue weighted by atomic mass is 10.0. The Hall–Kier alpha value is -2.21. The lowest BCUT2D eigenvalue weighted by Crippen LogP contribution is -2.39. The molecule has 1 fully saturated rings. The zero-order valence-electron chi connectivity index (χ0n) is 13.6. The highest BCUT2D eigenvalue weighted by Gasteiger charge is 2.29. The molecule has 6 heteroatoms. The van der Waals surface area contributed by atoms with E-state index in [4.69, 9.17) is 5.11 Å². The molecule has 1 aliphatic rings. The van der Waals surface area contributed by atoms with Crippen molar-refractivity contribution in [1.82, 2.24) is 9.88 Å². The molecule has 1 aromatic heterocycles. The SMILES string of the molecule is Cc1csc(C2CCCCN2C(=O)Cc2cccc(C(=O)O)c2)n1. The number of aromatic carboxylic acids is 1. The average molecular weight is 344 g/mol. The number of piperidine rings is 1. The third-order valence-corrected chi connectivity index (χ3v) is 5.34.